The maximum absolute atomic E-state index is 13.4. The summed E-state index contributed by atoms with van der Waals surface area (Å²) in [6.45, 7) is 2.06. The van der Waals surface area contributed by atoms with Gasteiger partial charge in [0.15, 0.2) is 11.6 Å². The largest absolute Gasteiger partial charge is 0.392 e. The van der Waals surface area contributed by atoms with Crippen LogP contribution in [0.1, 0.15) is 17.3 Å². The van der Waals surface area contributed by atoms with E-state index in [1.54, 1.807) is 6.92 Å². The van der Waals surface area contributed by atoms with Crippen molar-refractivity contribution in [3.8, 4) is 0 Å². The number of rotatable bonds is 4. The summed E-state index contributed by atoms with van der Waals surface area (Å²) in [6, 6.07) is 3.46. The molecule has 0 bridgehead atoms. The minimum absolute atomic E-state index is 0.0423. The van der Waals surface area contributed by atoms with E-state index in [-0.39, 0.29) is 17.1 Å². The Balaban J connectivity index is 3.02. The molecular weight excluding hydrogens is 246 g/mol. The number of nitrogens with two attached hydrogens (primary N) is 1. The van der Waals surface area contributed by atoms with E-state index < -0.39 is 17.5 Å². The third-order valence-corrected chi connectivity index (χ3v) is 2.33. The number of benzene rings is 1. The molecule has 92 valence electrons. The molecule has 0 saturated heterocycles. The first kappa shape index (κ1) is 13.5. The molecule has 0 atom stereocenters. The molecule has 0 unspecified atom stereocenters. The van der Waals surface area contributed by atoms with E-state index in [1.165, 1.54) is 17.0 Å². The van der Waals surface area contributed by atoms with Crippen molar-refractivity contribution in [3.05, 3.63) is 35.4 Å². The fraction of sp³-hybridized carbons (Fsp3) is 0.273. The second-order valence-corrected chi connectivity index (χ2v) is 3.91. The quantitative estimate of drug-likeness (QED) is 0.836. The molecule has 2 N–H and O–H groups in total. The Bertz CT molecular complexity index is 451. The van der Waals surface area contributed by atoms with Crippen molar-refractivity contribution < 1.29 is 13.6 Å². The number of carbonyl (C=O) groups excluding carboxylic acids is 1. The normalized spacial score (nSPS) is 10.1. The second-order valence-electron chi connectivity index (χ2n) is 3.39. The van der Waals surface area contributed by atoms with Crippen LogP contribution in [-0.2, 0) is 0 Å². The third kappa shape index (κ3) is 3.20. The number of likely N-dealkylation sites (N-methyl/N-ethyl adjacent to an activating group) is 1. The predicted molar refractivity (Wildman–Crippen MR) is 64.7 cm³/mol. The molecule has 0 radical (unpaired) electrons. The standard InChI is InChI=1S/C11H12F2N2OS/c1-2-15(6-9(14)17)11(16)7-4-3-5-8(12)10(7)13/h3-5H,2,6H2,1H3,(H2,14,17). The Hall–Kier alpha value is -1.56. The molecule has 0 saturated carbocycles. The van der Waals surface area contributed by atoms with Crippen LogP contribution in [-0.4, -0.2) is 28.9 Å². The molecule has 0 aliphatic heterocycles. The minimum Gasteiger partial charge on any atom is -0.392 e. The van der Waals surface area contributed by atoms with Crippen LogP contribution in [0, 0.1) is 11.6 Å². The van der Waals surface area contributed by atoms with E-state index in [4.69, 9.17) is 5.73 Å². The van der Waals surface area contributed by atoms with Crippen molar-refractivity contribution in [2.75, 3.05) is 13.1 Å². The number of carbonyl (C=O) groups is 1. The first-order valence-electron chi connectivity index (χ1n) is 4.99. The molecule has 3 nitrogen and oxygen atoms in total. The topological polar surface area (TPSA) is 46.3 Å². The van der Waals surface area contributed by atoms with E-state index in [1.807, 2.05) is 0 Å². The summed E-state index contributed by atoms with van der Waals surface area (Å²) in [5.41, 5.74) is 5.01. The summed E-state index contributed by atoms with van der Waals surface area (Å²) in [5, 5.41) is 0. The Morgan fingerprint density at radius 3 is 2.65 bits per heavy atom. The number of hydrogen-bond donors (Lipinski definition) is 1. The third-order valence-electron chi connectivity index (χ3n) is 2.20. The van der Waals surface area contributed by atoms with E-state index in [0.29, 0.717) is 6.54 Å². The van der Waals surface area contributed by atoms with Gasteiger partial charge in [-0.2, -0.15) is 0 Å². The molecular formula is C11H12F2N2OS. The van der Waals surface area contributed by atoms with Crippen LogP contribution in [0.25, 0.3) is 0 Å². The number of thiocarbonyl (C=S) groups is 1. The zero-order valence-corrected chi connectivity index (χ0v) is 10.1. The highest BCUT2D eigenvalue weighted by atomic mass is 32.1. The van der Waals surface area contributed by atoms with Crippen LogP contribution < -0.4 is 5.73 Å². The summed E-state index contributed by atoms with van der Waals surface area (Å²) in [7, 11) is 0. The summed E-state index contributed by atoms with van der Waals surface area (Å²) >= 11 is 4.68. The number of hydrogen-bond acceptors (Lipinski definition) is 2. The van der Waals surface area contributed by atoms with Gasteiger partial charge in [0.05, 0.1) is 17.1 Å². The molecule has 1 aromatic carbocycles. The monoisotopic (exact) mass is 258 g/mol. The van der Waals surface area contributed by atoms with Gasteiger partial charge in [0, 0.05) is 6.54 Å². The van der Waals surface area contributed by atoms with Gasteiger partial charge in [0.25, 0.3) is 5.91 Å². The van der Waals surface area contributed by atoms with Gasteiger partial charge in [-0.1, -0.05) is 18.3 Å². The van der Waals surface area contributed by atoms with Gasteiger partial charge in [-0.3, -0.25) is 4.79 Å². The van der Waals surface area contributed by atoms with Crippen molar-refractivity contribution in [2.24, 2.45) is 5.73 Å². The van der Waals surface area contributed by atoms with Gasteiger partial charge in [0.1, 0.15) is 0 Å². The number of nitrogens with zero attached hydrogens (tertiary/aromatic N) is 1. The van der Waals surface area contributed by atoms with E-state index in [9.17, 15) is 13.6 Å². The highest BCUT2D eigenvalue weighted by Crippen LogP contribution is 2.13. The molecule has 0 aliphatic carbocycles. The van der Waals surface area contributed by atoms with Crippen molar-refractivity contribution in [1.29, 1.82) is 0 Å². The van der Waals surface area contributed by atoms with E-state index >= 15 is 0 Å². The Labute approximate surface area is 103 Å². The summed E-state index contributed by atoms with van der Waals surface area (Å²) in [6.07, 6.45) is 0. The van der Waals surface area contributed by atoms with Crippen LogP contribution in [0.15, 0.2) is 18.2 Å². The average molecular weight is 258 g/mol. The summed E-state index contributed by atoms with van der Waals surface area (Å²) in [5.74, 6) is -2.83. The van der Waals surface area contributed by atoms with Gasteiger partial charge in [-0.15, -0.1) is 0 Å². The highest BCUT2D eigenvalue weighted by molar-refractivity contribution is 7.80. The van der Waals surface area contributed by atoms with Crippen LogP contribution in [0.3, 0.4) is 0 Å². The van der Waals surface area contributed by atoms with Gasteiger partial charge in [0.2, 0.25) is 0 Å². The number of halogens is 2. The zero-order valence-electron chi connectivity index (χ0n) is 9.24. The van der Waals surface area contributed by atoms with Gasteiger partial charge in [-0.25, -0.2) is 8.78 Å². The molecule has 0 heterocycles. The molecule has 0 spiro atoms. The maximum Gasteiger partial charge on any atom is 0.257 e. The van der Waals surface area contributed by atoms with E-state index in [0.717, 1.165) is 6.07 Å². The lowest BCUT2D eigenvalue weighted by molar-refractivity contribution is 0.0782. The molecule has 0 aliphatic rings. The first-order valence-corrected chi connectivity index (χ1v) is 5.39. The van der Waals surface area contributed by atoms with Crippen molar-refractivity contribution >= 4 is 23.1 Å². The molecule has 0 aromatic heterocycles. The summed E-state index contributed by atoms with van der Waals surface area (Å²) < 4.78 is 26.4. The van der Waals surface area contributed by atoms with Crippen molar-refractivity contribution in [3.63, 3.8) is 0 Å². The van der Waals surface area contributed by atoms with E-state index in [2.05, 4.69) is 12.2 Å². The SMILES string of the molecule is CCN(CC(N)=S)C(=O)c1cccc(F)c1F. The molecule has 6 heteroatoms. The first-order chi connectivity index (χ1) is 7.97. The van der Waals surface area contributed by atoms with Crippen LogP contribution in [0.5, 0.6) is 0 Å². The maximum atomic E-state index is 13.4. The molecule has 1 rings (SSSR count). The fourth-order valence-corrected chi connectivity index (χ4v) is 1.51. The van der Waals surface area contributed by atoms with Crippen LogP contribution >= 0.6 is 12.2 Å². The molecule has 1 aromatic rings. The Morgan fingerprint density at radius 2 is 2.12 bits per heavy atom. The fourth-order valence-electron chi connectivity index (χ4n) is 1.35. The van der Waals surface area contributed by atoms with Crippen molar-refractivity contribution in [2.45, 2.75) is 6.92 Å². The second kappa shape index (κ2) is 5.67. The predicted octanol–water partition coefficient (Wildman–Crippen LogP) is 1.71. The Kier molecular flexibility index (Phi) is 4.51. The Morgan fingerprint density at radius 1 is 1.47 bits per heavy atom. The lowest BCUT2D eigenvalue weighted by atomic mass is 10.1. The molecule has 0 fully saturated rings. The lowest BCUT2D eigenvalue weighted by Gasteiger charge is -2.20. The minimum atomic E-state index is -1.15. The van der Waals surface area contributed by atoms with Gasteiger partial charge >= 0.3 is 0 Å². The van der Waals surface area contributed by atoms with Crippen LogP contribution in [0.4, 0.5) is 8.78 Å². The van der Waals surface area contributed by atoms with Gasteiger partial charge < -0.3 is 10.6 Å². The zero-order chi connectivity index (χ0) is 13.0. The van der Waals surface area contributed by atoms with Gasteiger partial charge in [-0.05, 0) is 19.1 Å². The van der Waals surface area contributed by atoms with Crippen molar-refractivity contribution in [1.82, 2.24) is 4.90 Å². The lowest BCUT2D eigenvalue weighted by Crippen LogP contribution is -2.38. The molecule has 1 amide bonds. The molecule has 17 heavy (non-hydrogen) atoms. The number of amides is 1. The average Bonchev–Trinajstić information content (AvgIpc) is 2.28. The highest BCUT2D eigenvalue weighted by Gasteiger charge is 2.20. The van der Waals surface area contributed by atoms with Crippen LogP contribution in [0.2, 0.25) is 0 Å². The smallest absolute Gasteiger partial charge is 0.257 e. The summed E-state index contributed by atoms with van der Waals surface area (Å²) in [4.78, 5) is 13.3.